The molecule has 2 amide bonds. The van der Waals surface area contributed by atoms with Gasteiger partial charge in [-0.15, -0.1) is 0 Å². The quantitative estimate of drug-likeness (QED) is 0.824. The highest BCUT2D eigenvalue weighted by Crippen LogP contribution is 2.32. The Hall–Kier alpha value is -2.08. The number of benzene rings is 1. The molecular formula is C15H21N3O3. The zero-order valence-corrected chi connectivity index (χ0v) is 12.2. The number of nitrogens with zero attached hydrogens (tertiary/aromatic N) is 1. The number of rotatable bonds is 5. The number of nitrogens with one attached hydrogen (secondary N) is 1. The van der Waals surface area contributed by atoms with Gasteiger partial charge in [-0.05, 0) is 30.5 Å². The van der Waals surface area contributed by atoms with Crippen LogP contribution in [0.1, 0.15) is 24.4 Å². The van der Waals surface area contributed by atoms with Crippen molar-refractivity contribution in [3.8, 4) is 5.75 Å². The van der Waals surface area contributed by atoms with Crippen molar-refractivity contribution in [3.63, 3.8) is 0 Å². The standard InChI is InChI=1S/C15H21N3O3/c1-21-12-6-4-11(5-7-12)13-3-2-8-18(13)15(20)10-17-14(19)9-16/h4-7,13H,2-3,8-10,16H2,1H3,(H,17,19). The SMILES string of the molecule is COc1ccc(C2CCCN2C(=O)CNC(=O)CN)cc1. The third-order valence-corrected chi connectivity index (χ3v) is 3.70. The fraction of sp³-hybridized carbons (Fsp3) is 0.467. The van der Waals surface area contributed by atoms with E-state index in [-0.39, 0.29) is 30.9 Å². The highest BCUT2D eigenvalue weighted by atomic mass is 16.5. The molecule has 6 nitrogen and oxygen atoms in total. The molecule has 0 radical (unpaired) electrons. The number of carbonyl (C=O) groups excluding carboxylic acids is 2. The molecule has 0 saturated carbocycles. The molecular weight excluding hydrogens is 270 g/mol. The normalized spacial score (nSPS) is 17.6. The molecule has 1 unspecified atom stereocenters. The molecule has 1 saturated heterocycles. The summed E-state index contributed by atoms with van der Waals surface area (Å²) in [5, 5.41) is 2.52. The van der Waals surface area contributed by atoms with Crippen molar-refractivity contribution in [3.05, 3.63) is 29.8 Å². The molecule has 0 aliphatic carbocycles. The number of hydrogen-bond acceptors (Lipinski definition) is 4. The van der Waals surface area contributed by atoms with Gasteiger partial charge in [-0.3, -0.25) is 9.59 Å². The number of ether oxygens (including phenoxy) is 1. The minimum Gasteiger partial charge on any atom is -0.497 e. The van der Waals surface area contributed by atoms with Crippen molar-refractivity contribution in [2.75, 3.05) is 26.7 Å². The lowest BCUT2D eigenvalue weighted by atomic mass is 10.0. The molecule has 21 heavy (non-hydrogen) atoms. The van der Waals surface area contributed by atoms with Crippen LogP contribution in [-0.2, 0) is 9.59 Å². The lowest BCUT2D eigenvalue weighted by molar-refractivity contribution is -0.133. The van der Waals surface area contributed by atoms with Crippen LogP contribution in [0.2, 0.25) is 0 Å². The second kappa shape index (κ2) is 7.08. The summed E-state index contributed by atoms with van der Waals surface area (Å²) in [6.07, 6.45) is 1.90. The molecule has 3 N–H and O–H groups in total. The van der Waals surface area contributed by atoms with Gasteiger partial charge in [0.25, 0.3) is 0 Å². The van der Waals surface area contributed by atoms with Crippen molar-refractivity contribution in [2.24, 2.45) is 5.73 Å². The summed E-state index contributed by atoms with van der Waals surface area (Å²) in [5.41, 5.74) is 6.30. The molecule has 1 heterocycles. The molecule has 6 heteroatoms. The van der Waals surface area contributed by atoms with Gasteiger partial charge in [-0.1, -0.05) is 12.1 Å². The van der Waals surface area contributed by atoms with Gasteiger partial charge >= 0.3 is 0 Å². The minimum atomic E-state index is -0.316. The Bertz CT molecular complexity index is 501. The first-order chi connectivity index (χ1) is 10.2. The number of amides is 2. The van der Waals surface area contributed by atoms with Crippen molar-refractivity contribution >= 4 is 11.8 Å². The maximum Gasteiger partial charge on any atom is 0.242 e. The van der Waals surface area contributed by atoms with E-state index < -0.39 is 0 Å². The molecule has 0 spiro atoms. The maximum atomic E-state index is 12.2. The second-order valence-electron chi connectivity index (χ2n) is 5.00. The first-order valence-corrected chi connectivity index (χ1v) is 7.06. The molecule has 0 bridgehead atoms. The minimum absolute atomic E-state index is 0.00267. The largest absolute Gasteiger partial charge is 0.497 e. The van der Waals surface area contributed by atoms with Gasteiger partial charge in [0.15, 0.2) is 0 Å². The van der Waals surface area contributed by atoms with Crippen molar-refractivity contribution < 1.29 is 14.3 Å². The average molecular weight is 291 g/mol. The zero-order chi connectivity index (χ0) is 15.2. The fourth-order valence-electron chi connectivity index (χ4n) is 2.59. The number of methoxy groups -OCH3 is 1. The lowest BCUT2D eigenvalue weighted by Gasteiger charge is -2.25. The van der Waals surface area contributed by atoms with Gasteiger partial charge in [0.1, 0.15) is 5.75 Å². The Morgan fingerprint density at radius 1 is 1.38 bits per heavy atom. The van der Waals surface area contributed by atoms with E-state index in [9.17, 15) is 9.59 Å². The second-order valence-corrected chi connectivity index (χ2v) is 5.00. The Morgan fingerprint density at radius 2 is 2.10 bits per heavy atom. The first-order valence-electron chi connectivity index (χ1n) is 7.06. The van der Waals surface area contributed by atoms with Crippen LogP contribution in [0.3, 0.4) is 0 Å². The van der Waals surface area contributed by atoms with Crippen LogP contribution in [-0.4, -0.2) is 43.5 Å². The zero-order valence-electron chi connectivity index (χ0n) is 12.2. The summed E-state index contributed by atoms with van der Waals surface area (Å²) in [6.45, 7) is 0.617. The van der Waals surface area contributed by atoms with E-state index in [1.165, 1.54) is 0 Å². The Kier molecular flexibility index (Phi) is 5.16. The van der Waals surface area contributed by atoms with Crippen LogP contribution >= 0.6 is 0 Å². The molecule has 1 aromatic rings. The molecule has 114 valence electrons. The van der Waals surface area contributed by atoms with Gasteiger partial charge in [0, 0.05) is 6.54 Å². The van der Waals surface area contributed by atoms with Gasteiger partial charge in [0.05, 0.1) is 26.2 Å². The number of hydrogen-bond donors (Lipinski definition) is 2. The molecule has 1 fully saturated rings. The van der Waals surface area contributed by atoms with Gasteiger partial charge in [0.2, 0.25) is 11.8 Å². The fourth-order valence-corrected chi connectivity index (χ4v) is 2.59. The van der Waals surface area contributed by atoms with E-state index in [0.717, 1.165) is 24.2 Å². The van der Waals surface area contributed by atoms with Gasteiger partial charge in [-0.25, -0.2) is 0 Å². The summed E-state index contributed by atoms with van der Waals surface area (Å²) >= 11 is 0. The van der Waals surface area contributed by atoms with Crippen molar-refractivity contribution in [2.45, 2.75) is 18.9 Å². The lowest BCUT2D eigenvalue weighted by Crippen LogP contribution is -2.41. The van der Waals surface area contributed by atoms with Crippen LogP contribution in [0, 0.1) is 0 Å². The molecule has 1 aliphatic heterocycles. The number of nitrogens with two attached hydrogens (primary N) is 1. The van der Waals surface area contributed by atoms with E-state index in [1.54, 1.807) is 7.11 Å². The van der Waals surface area contributed by atoms with Crippen molar-refractivity contribution in [1.82, 2.24) is 10.2 Å². The number of carbonyl (C=O) groups is 2. The summed E-state index contributed by atoms with van der Waals surface area (Å²) in [6, 6.07) is 7.82. The molecule has 1 aliphatic rings. The Morgan fingerprint density at radius 3 is 2.71 bits per heavy atom. The van der Waals surface area contributed by atoms with E-state index in [4.69, 9.17) is 10.5 Å². The third-order valence-electron chi connectivity index (χ3n) is 3.70. The van der Waals surface area contributed by atoms with E-state index in [0.29, 0.717) is 6.54 Å². The molecule has 1 atom stereocenters. The predicted molar refractivity (Wildman–Crippen MR) is 78.7 cm³/mol. The van der Waals surface area contributed by atoms with Gasteiger partial charge < -0.3 is 20.7 Å². The van der Waals surface area contributed by atoms with Crippen LogP contribution < -0.4 is 15.8 Å². The topological polar surface area (TPSA) is 84.7 Å². The molecule has 0 aromatic heterocycles. The van der Waals surface area contributed by atoms with Crippen LogP contribution in [0.25, 0.3) is 0 Å². The Balaban J connectivity index is 2.01. The Labute approximate surface area is 124 Å². The number of likely N-dealkylation sites (tertiary alicyclic amines) is 1. The summed E-state index contributed by atoms with van der Waals surface area (Å²) < 4.78 is 5.14. The van der Waals surface area contributed by atoms with E-state index >= 15 is 0 Å². The molecule has 1 aromatic carbocycles. The molecule has 2 rings (SSSR count). The monoisotopic (exact) mass is 291 g/mol. The van der Waals surface area contributed by atoms with E-state index in [1.807, 2.05) is 29.2 Å². The third kappa shape index (κ3) is 3.72. The summed E-state index contributed by atoms with van der Waals surface area (Å²) in [7, 11) is 1.63. The maximum absolute atomic E-state index is 12.2. The smallest absolute Gasteiger partial charge is 0.242 e. The highest BCUT2D eigenvalue weighted by molar-refractivity contribution is 5.85. The summed E-state index contributed by atoms with van der Waals surface area (Å²) in [5.74, 6) is 0.406. The van der Waals surface area contributed by atoms with Crippen LogP contribution in [0.15, 0.2) is 24.3 Å². The highest BCUT2D eigenvalue weighted by Gasteiger charge is 2.29. The van der Waals surface area contributed by atoms with Gasteiger partial charge in [-0.2, -0.15) is 0 Å². The first kappa shape index (κ1) is 15.3. The van der Waals surface area contributed by atoms with Crippen LogP contribution in [0.4, 0.5) is 0 Å². The van der Waals surface area contributed by atoms with E-state index in [2.05, 4.69) is 5.32 Å². The average Bonchev–Trinajstić information content (AvgIpc) is 3.01. The predicted octanol–water partition coefficient (Wildman–Crippen LogP) is 0.434. The van der Waals surface area contributed by atoms with Crippen LogP contribution in [0.5, 0.6) is 5.75 Å². The van der Waals surface area contributed by atoms with Crippen molar-refractivity contribution in [1.29, 1.82) is 0 Å². The summed E-state index contributed by atoms with van der Waals surface area (Å²) in [4.78, 5) is 25.2.